The van der Waals surface area contributed by atoms with Gasteiger partial charge in [0.2, 0.25) is 5.91 Å². The molecule has 0 aliphatic rings. The van der Waals surface area contributed by atoms with E-state index in [9.17, 15) is 4.79 Å². The Morgan fingerprint density at radius 1 is 1.14 bits per heavy atom. The minimum atomic E-state index is 0.220. The summed E-state index contributed by atoms with van der Waals surface area (Å²) in [5.41, 5.74) is 0. The molecule has 0 heterocycles. The van der Waals surface area contributed by atoms with Crippen molar-refractivity contribution in [2.75, 3.05) is 11.9 Å². The Kier molecular flexibility index (Phi) is 11.0. The van der Waals surface area contributed by atoms with Crippen molar-refractivity contribution < 1.29 is 4.79 Å². The average Bonchev–Trinajstić information content (AvgIpc) is 2.18. The Morgan fingerprint density at radius 3 is 2.57 bits per heavy atom. The first-order valence-electron chi connectivity index (χ1n) is 5.64. The van der Waals surface area contributed by atoms with Crippen LogP contribution in [0.2, 0.25) is 0 Å². The zero-order chi connectivity index (χ0) is 10.6. The summed E-state index contributed by atoms with van der Waals surface area (Å²) in [5, 5.41) is 4.01. The minimum Gasteiger partial charge on any atom is -0.356 e. The van der Waals surface area contributed by atoms with Crippen LogP contribution in [0.25, 0.3) is 0 Å². The van der Waals surface area contributed by atoms with Crippen LogP contribution in [0.4, 0.5) is 0 Å². The van der Waals surface area contributed by atoms with Crippen molar-refractivity contribution in [3.05, 3.63) is 0 Å². The van der Waals surface area contributed by atoms with Crippen molar-refractivity contribution in [2.24, 2.45) is 0 Å². The van der Waals surface area contributed by atoms with Crippen LogP contribution in [-0.4, -0.2) is 17.8 Å². The van der Waals surface area contributed by atoms with Gasteiger partial charge in [-0.25, -0.2) is 0 Å². The van der Waals surface area contributed by atoms with E-state index < -0.39 is 0 Å². The van der Waals surface area contributed by atoms with Crippen LogP contribution < -0.4 is 5.32 Å². The van der Waals surface area contributed by atoms with Gasteiger partial charge in [-0.1, -0.05) is 42.1 Å². The molecule has 0 aromatic carbocycles. The molecule has 0 rings (SSSR count). The van der Waals surface area contributed by atoms with Gasteiger partial charge in [0.1, 0.15) is 0 Å². The molecule has 0 unspecified atom stereocenters. The number of carbonyl (C=O) groups excluding carboxylic acids is 1. The largest absolute Gasteiger partial charge is 0.356 e. The number of amides is 1. The molecule has 0 aliphatic carbocycles. The number of hydrogen-bond acceptors (Lipinski definition) is 1. The van der Waals surface area contributed by atoms with E-state index in [4.69, 9.17) is 0 Å². The maximum absolute atomic E-state index is 11.2. The van der Waals surface area contributed by atoms with E-state index in [1.165, 1.54) is 19.3 Å². The Labute approximate surface area is 96.0 Å². The lowest BCUT2D eigenvalue weighted by Crippen LogP contribution is -2.23. The molecular weight excluding hydrogens is 242 g/mol. The van der Waals surface area contributed by atoms with Gasteiger partial charge in [-0.3, -0.25) is 4.79 Å². The van der Waals surface area contributed by atoms with Gasteiger partial charge in [0.15, 0.2) is 0 Å². The maximum atomic E-state index is 11.2. The quantitative estimate of drug-likeness (QED) is 0.502. The number of nitrogens with one attached hydrogen (secondary N) is 1. The van der Waals surface area contributed by atoms with Crippen molar-refractivity contribution >= 4 is 21.8 Å². The molecule has 0 aromatic heterocycles. The van der Waals surface area contributed by atoms with Crippen molar-refractivity contribution in [3.63, 3.8) is 0 Å². The lowest BCUT2D eigenvalue weighted by molar-refractivity contribution is -0.121. The van der Waals surface area contributed by atoms with Crippen LogP contribution in [0.15, 0.2) is 0 Å². The second-order valence-corrected chi connectivity index (χ2v) is 4.35. The molecule has 0 bridgehead atoms. The molecule has 0 saturated carbocycles. The number of hydrogen-bond donors (Lipinski definition) is 1. The van der Waals surface area contributed by atoms with E-state index in [0.717, 1.165) is 31.1 Å². The summed E-state index contributed by atoms with van der Waals surface area (Å²) in [7, 11) is 0. The van der Waals surface area contributed by atoms with Gasteiger partial charge in [-0.15, -0.1) is 0 Å². The van der Waals surface area contributed by atoms with Crippen LogP contribution in [0.1, 0.15) is 51.9 Å². The van der Waals surface area contributed by atoms with Crippen LogP contribution >= 0.6 is 15.9 Å². The molecule has 0 fully saturated rings. The van der Waals surface area contributed by atoms with E-state index >= 15 is 0 Å². The third-order valence-electron chi connectivity index (χ3n) is 2.14. The van der Waals surface area contributed by atoms with Crippen LogP contribution in [0.5, 0.6) is 0 Å². The second-order valence-electron chi connectivity index (χ2n) is 3.56. The Morgan fingerprint density at radius 2 is 1.93 bits per heavy atom. The minimum absolute atomic E-state index is 0.220. The van der Waals surface area contributed by atoms with Gasteiger partial charge in [0, 0.05) is 18.3 Å². The van der Waals surface area contributed by atoms with Gasteiger partial charge in [0.05, 0.1) is 0 Å². The van der Waals surface area contributed by atoms with Crippen LogP contribution in [-0.2, 0) is 4.79 Å². The standard InChI is InChI=1S/C11H22BrNO/c1-2-3-5-8-11(14)13-10-7-4-6-9-12/h2-10H2,1H3,(H,13,14). The number of rotatable bonds is 9. The lowest BCUT2D eigenvalue weighted by atomic mass is 10.2. The molecule has 0 spiro atoms. The SMILES string of the molecule is CCCCCC(=O)NCCCCCBr. The molecular formula is C11H22BrNO. The van der Waals surface area contributed by atoms with Gasteiger partial charge < -0.3 is 5.32 Å². The average molecular weight is 264 g/mol. The first-order valence-corrected chi connectivity index (χ1v) is 6.76. The van der Waals surface area contributed by atoms with Crippen LogP contribution in [0, 0.1) is 0 Å². The van der Waals surface area contributed by atoms with Crippen LogP contribution in [0.3, 0.4) is 0 Å². The molecule has 14 heavy (non-hydrogen) atoms. The normalized spacial score (nSPS) is 10.1. The van der Waals surface area contributed by atoms with Gasteiger partial charge >= 0.3 is 0 Å². The Balaban J connectivity index is 3.10. The summed E-state index contributed by atoms with van der Waals surface area (Å²) < 4.78 is 0. The molecule has 0 radical (unpaired) electrons. The smallest absolute Gasteiger partial charge is 0.219 e. The number of alkyl halides is 1. The summed E-state index contributed by atoms with van der Waals surface area (Å²) >= 11 is 3.39. The molecule has 0 aromatic rings. The van der Waals surface area contributed by atoms with Gasteiger partial charge in [0.25, 0.3) is 0 Å². The third kappa shape index (κ3) is 10.0. The maximum Gasteiger partial charge on any atom is 0.219 e. The van der Waals surface area contributed by atoms with Crippen molar-refractivity contribution in [2.45, 2.75) is 51.9 Å². The van der Waals surface area contributed by atoms with E-state index in [0.29, 0.717) is 6.42 Å². The van der Waals surface area contributed by atoms with Crippen molar-refractivity contribution in [1.29, 1.82) is 0 Å². The lowest BCUT2D eigenvalue weighted by Gasteiger charge is -2.03. The van der Waals surface area contributed by atoms with Crippen molar-refractivity contribution in [3.8, 4) is 0 Å². The number of carbonyl (C=O) groups is 1. The highest BCUT2D eigenvalue weighted by Gasteiger charge is 1.98. The number of unbranched alkanes of at least 4 members (excludes halogenated alkanes) is 4. The van der Waals surface area contributed by atoms with E-state index in [-0.39, 0.29) is 5.91 Å². The Bertz CT molecular complexity index is 139. The molecule has 2 nitrogen and oxygen atoms in total. The summed E-state index contributed by atoms with van der Waals surface area (Å²) in [6.45, 7) is 3.00. The first kappa shape index (κ1) is 13.9. The fourth-order valence-electron chi connectivity index (χ4n) is 1.25. The van der Waals surface area contributed by atoms with E-state index in [1.54, 1.807) is 0 Å². The molecule has 0 aliphatic heterocycles. The van der Waals surface area contributed by atoms with E-state index in [1.807, 2.05) is 0 Å². The zero-order valence-electron chi connectivity index (χ0n) is 9.15. The predicted octanol–water partition coefficient (Wildman–Crippen LogP) is 3.25. The van der Waals surface area contributed by atoms with E-state index in [2.05, 4.69) is 28.2 Å². The summed E-state index contributed by atoms with van der Waals surface area (Å²) in [4.78, 5) is 11.2. The van der Waals surface area contributed by atoms with Gasteiger partial charge in [-0.05, 0) is 19.3 Å². The summed E-state index contributed by atoms with van der Waals surface area (Å²) in [6.07, 6.45) is 7.57. The van der Waals surface area contributed by atoms with Gasteiger partial charge in [-0.2, -0.15) is 0 Å². The monoisotopic (exact) mass is 263 g/mol. The second kappa shape index (κ2) is 11.0. The third-order valence-corrected chi connectivity index (χ3v) is 2.70. The Hall–Kier alpha value is -0.0500. The zero-order valence-corrected chi connectivity index (χ0v) is 10.7. The topological polar surface area (TPSA) is 29.1 Å². The molecule has 1 N–H and O–H groups in total. The molecule has 84 valence electrons. The number of halogens is 1. The highest BCUT2D eigenvalue weighted by Crippen LogP contribution is 1.99. The molecule has 0 atom stereocenters. The highest BCUT2D eigenvalue weighted by atomic mass is 79.9. The summed E-state index contributed by atoms with van der Waals surface area (Å²) in [6, 6.07) is 0. The predicted molar refractivity (Wildman–Crippen MR) is 64.8 cm³/mol. The highest BCUT2D eigenvalue weighted by molar-refractivity contribution is 9.09. The molecule has 1 amide bonds. The molecule has 3 heteroatoms. The fraction of sp³-hybridized carbons (Fsp3) is 0.909. The molecule has 0 saturated heterocycles. The first-order chi connectivity index (χ1) is 6.81. The summed E-state index contributed by atoms with van der Waals surface area (Å²) in [5.74, 6) is 0.220. The van der Waals surface area contributed by atoms with Crippen molar-refractivity contribution in [1.82, 2.24) is 5.32 Å². The fourth-order valence-corrected chi connectivity index (χ4v) is 1.64.